The number of piperidine rings is 2. The molecule has 0 spiro atoms. The smallest absolute Gasteiger partial charge is 0.243 e. The first kappa shape index (κ1) is 18.4. The van der Waals surface area contributed by atoms with E-state index in [1.165, 1.54) is 4.31 Å². The molecule has 2 fully saturated rings. The van der Waals surface area contributed by atoms with E-state index in [0.29, 0.717) is 11.4 Å². The third-order valence-electron chi connectivity index (χ3n) is 5.20. The SMILES string of the molecule is CN1CCC(NC(=O)C2CCCN(S(=O)(=O)c3ccccc3)C2)CC1. The second kappa shape index (κ2) is 7.85. The maximum Gasteiger partial charge on any atom is 0.243 e. The Morgan fingerprint density at radius 3 is 2.44 bits per heavy atom. The molecule has 0 radical (unpaired) electrons. The van der Waals surface area contributed by atoms with Crippen molar-refractivity contribution in [2.24, 2.45) is 5.92 Å². The second-order valence-corrected chi connectivity index (χ2v) is 9.04. The molecular weight excluding hydrogens is 338 g/mol. The molecular formula is C18H27N3O3S. The molecule has 138 valence electrons. The first-order chi connectivity index (χ1) is 12.0. The lowest BCUT2D eigenvalue weighted by Crippen LogP contribution is -2.49. The topological polar surface area (TPSA) is 69.7 Å². The third kappa shape index (κ3) is 4.40. The number of likely N-dealkylation sites (tertiary alicyclic amines) is 1. The molecule has 0 aliphatic carbocycles. The molecule has 1 aromatic carbocycles. The zero-order valence-corrected chi connectivity index (χ0v) is 15.5. The fourth-order valence-corrected chi connectivity index (χ4v) is 5.13. The molecule has 1 unspecified atom stereocenters. The Kier molecular flexibility index (Phi) is 5.76. The van der Waals surface area contributed by atoms with Gasteiger partial charge in [0.15, 0.2) is 0 Å². The van der Waals surface area contributed by atoms with Crippen molar-refractivity contribution in [3.63, 3.8) is 0 Å². The maximum atomic E-state index is 12.8. The van der Waals surface area contributed by atoms with Gasteiger partial charge in [-0.3, -0.25) is 4.79 Å². The minimum atomic E-state index is -3.52. The first-order valence-corrected chi connectivity index (χ1v) is 10.4. The Hall–Kier alpha value is -1.44. The van der Waals surface area contributed by atoms with Gasteiger partial charge >= 0.3 is 0 Å². The van der Waals surface area contributed by atoms with Crippen LogP contribution >= 0.6 is 0 Å². The minimum absolute atomic E-state index is 0.00233. The summed E-state index contributed by atoms with van der Waals surface area (Å²) in [5, 5.41) is 3.13. The van der Waals surface area contributed by atoms with Crippen LogP contribution < -0.4 is 5.32 Å². The van der Waals surface area contributed by atoms with Gasteiger partial charge in [0.25, 0.3) is 0 Å². The van der Waals surface area contributed by atoms with Crippen molar-refractivity contribution in [3.8, 4) is 0 Å². The number of hydrogen-bond acceptors (Lipinski definition) is 4. The molecule has 0 saturated carbocycles. The summed E-state index contributed by atoms with van der Waals surface area (Å²) in [4.78, 5) is 15.2. The van der Waals surface area contributed by atoms with Gasteiger partial charge in [-0.1, -0.05) is 18.2 Å². The summed E-state index contributed by atoms with van der Waals surface area (Å²) in [5.41, 5.74) is 0. The van der Waals surface area contributed by atoms with Crippen LogP contribution in [0.3, 0.4) is 0 Å². The monoisotopic (exact) mass is 365 g/mol. The van der Waals surface area contributed by atoms with Gasteiger partial charge in [-0.15, -0.1) is 0 Å². The molecule has 25 heavy (non-hydrogen) atoms. The number of benzene rings is 1. The third-order valence-corrected chi connectivity index (χ3v) is 7.08. The molecule has 7 heteroatoms. The highest BCUT2D eigenvalue weighted by molar-refractivity contribution is 7.89. The van der Waals surface area contributed by atoms with Crippen molar-refractivity contribution in [3.05, 3.63) is 30.3 Å². The molecule has 0 aromatic heterocycles. The van der Waals surface area contributed by atoms with Crippen LogP contribution in [0.4, 0.5) is 0 Å². The predicted octanol–water partition coefficient (Wildman–Crippen LogP) is 1.30. The molecule has 2 heterocycles. The summed E-state index contributed by atoms with van der Waals surface area (Å²) in [7, 11) is -1.43. The lowest BCUT2D eigenvalue weighted by molar-refractivity contribution is -0.127. The zero-order chi connectivity index (χ0) is 17.9. The number of hydrogen-bond donors (Lipinski definition) is 1. The van der Waals surface area contributed by atoms with Crippen LogP contribution in [0.25, 0.3) is 0 Å². The normalized spacial score (nSPS) is 24.1. The fourth-order valence-electron chi connectivity index (χ4n) is 3.59. The van der Waals surface area contributed by atoms with E-state index in [4.69, 9.17) is 0 Å². The number of amides is 1. The summed E-state index contributed by atoms with van der Waals surface area (Å²) in [6, 6.07) is 8.68. The van der Waals surface area contributed by atoms with E-state index in [2.05, 4.69) is 17.3 Å². The first-order valence-electron chi connectivity index (χ1n) is 9.01. The Labute approximate surface area is 150 Å². The number of carbonyl (C=O) groups excluding carboxylic acids is 1. The van der Waals surface area contributed by atoms with E-state index in [0.717, 1.165) is 38.8 Å². The Balaban J connectivity index is 1.62. The van der Waals surface area contributed by atoms with Gasteiger partial charge < -0.3 is 10.2 Å². The highest BCUT2D eigenvalue weighted by atomic mass is 32.2. The van der Waals surface area contributed by atoms with E-state index in [9.17, 15) is 13.2 Å². The van der Waals surface area contributed by atoms with Gasteiger partial charge in [0, 0.05) is 19.1 Å². The van der Waals surface area contributed by atoms with Crippen LogP contribution in [0.1, 0.15) is 25.7 Å². The summed E-state index contributed by atoms with van der Waals surface area (Å²) in [5.74, 6) is -0.255. The van der Waals surface area contributed by atoms with E-state index in [1.807, 2.05) is 0 Å². The van der Waals surface area contributed by atoms with E-state index in [-0.39, 0.29) is 24.4 Å². The van der Waals surface area contributed by atoms with Gasteiger partial charge in [-0.05, 0) is 58.0 Å². The highest BCUT2D eigenvalue weighted by Crippen LogP contribution is 2.24. The van der Waals surface area contributed by atoms with Crippen molar-refractivity contribution in [1.82, 2.24) is 14.5 Å². The van der Waals surface area contributed by atoms with Crippen LogP contribution in [0, 0.1) is 5.92 Å². The van der Waals surface area contributed by atoms with Gasteiger partial charge in [0.05, 0.1) is 10.8 Å². The summed E-state index contributed by atoms with van der Waals surface area (Å²) < 4.78 is 27.0. The average Bonchev–Trinajstić information content (AvgIpc) is 2.64. The Morgan fingerprint density at radius 1 is 1.08 bits per heavy atom. The fraction of sp³-hybridized carbons (Fsp3) is 0.611. The van der Waals surface area contributed by atoms with Crippen LogP contribution in [-0.2, 0) is 14.8 Å². The predicted molar refractivity (Wildman–Crippen MR) is 96.6 cm³/mol. The van der Waals surface area contributed by atoms with Gasteiger partial charge in [-0.25, -0.2) is 8.42 Å². The number of sulfonamides is 1. The molecule has 0 bridgehead atoms. The molecule has 6 nitrogen and oxygen atoms in total. The second-order valence-electron chi connectivity index (χ2n) is 7.10. The largest absolute Gasteiger partial charge is 0.353 e. The number of nitrogens with one attached hydrogen (secondary N) is 1. The molecule has 2 saturated heterocycles. The summed E-state index contributed by atoms with van der Waals surface area (Å²) in [6.07, 6.45) is 3.39. The zero-order valence-electron chi connectivity index (χ0n) is 14.7. The molecule has 2 aliphatic heterocycles. The van der Waals surface area contributed by atoms with Gasteiger partial charge in [0.1, 0.15) is 0 Å². The average molecular weight is 365 g/mol. The van der Waals surface area contributed by atoms with Crippen LogP contribution in [-0.4, -0.2) is 62.8 Å². The molecule has 1 amide bonds. The number of nitrogens with zero attached hydrogens (tertiary/aromatic N) is 2. The molecule has 1 N–H and O–H groups in total. The van der Waals surface area contributed by atoms with Crippen molar-refractivity contribution in [1.29, 1.82) is 0 Å². The molecule has 1 aromatic rings. The van der Waals surface area contributed by atoms with Crippen LogP contribution in [0.15, 0.2) is 35.2 Å². The van der Waals surface area contributed by atoms with Crippen molar-refractivity contribution >= 4 is 15.9 Å². The van der Waals surface area contributed by atoms with Crippen molar-refractivity contribution in [2.45, 2.75) is 36.6 Å². The van der Waals surface area contributed by atoms with Crippen molar-refractivity contribution < 1.29 is 13.2 Å². The summed E-state index contributed by atoms with van der Waals surface area (Å²) in [6.45, 7) is 2.74. The lowest BCUT2D eigenvalue weighted by atomic mass is 9.97. The Morgan fingerprint density at radius 2 is 1.76 bits per heavy atom. The molecule has 3 rings (SSSR count). The highest BCUT2D eigenvalue weighted by Gasteiger charge is 2.34. The van der Waals surface area contributed by atoms with Crippen molar-refractivity contribution in [2.75, 3.05) is 33.2 Å². The van der Waals surface area contributed by atoms with E-state index < -0.39 is 10.0 Å². The maximum absolute atomic E-state index is 12.8. The molecule has 2 aliphatic rings. The van der Waals surface area contributed by atoms with Gasteiger partial charge in [0.2, 0.25) is 15.9 Å². The van der Waals surface area contributed by atoms with Crippen LogP contribution in [0.5, 0.6) is 0 Å². The number of carbonyl (C=O) groups is 1. The quantitative estimate of drug-likeness (QED) is 0.873. The van der Waals surface area contributed by atoms with Crippen LogP contribution in [0.2, 0.25) is 0 Å². The number of rotatable bonds is 4. The lowest BCUT2D eigenvalue weighted by Gasteiger charge is -2.34. The minimum Gasteiger partial charge on any atom is -0.353 e. The summed E-state index contributed by atoms with van der Waals surface area (Å²) >= 11 is 0. The Bertz CT molecular complexity index is 685. The van der Waals surface area contributed by atoms with E-state index >= 15 is 0 Å². The van der Waals surface area contributed by atoms with E-state index in [1.54, 1.807) is 30.3 Å². The molecule has 1 atom stereocenters. The van der Waals surface area contributed by atoms with Gasteiger partial charge in [-0.2, -0.15) is 4.31 Å². The standard InChI is InChI=1S/C18H27N3O3S/c1-20-12-9-16(10-13-20)19-18(22)15-6-5-11-21(14-15)25(23,24)17-7-3-2-4-8-17/h2-4,7-8,15-16H,5-6,9-14H2,1H3,(H,19,22).